The fraction of sp³-hybridized carbons (Fsp3) is 0.394. The third kappa shape index (κ3) is 7.93. The molecule has 0 spiro atoms. The molecule has 8 nitrogen and oxygen atoms in total. The average Bonchev–Trinajstić information content (AvgIpc) is 2.90. The standard InChI is InChI=1S/C33H40N4O4/c1-32(2)20-22-12-6-8-14-24(22)26(36-32)18-28(38)30(40)34-16-10-5-11-17-35-31(41)29(39)19-27-25-15-9-7-13-23(25)21-33(3,4)37-27/h6-9,12-15,18-19,36-37H,5,10-11,16-17,20-21H2,1-4H3,(H,34,40)(H,35,41). The van der Waals surface area contributed by atoms with Crippen LogP contribution in [-0.4, -0.2) is 47.5 Å². The van der Waals surface area contributed by atoms with Gasteiger partial charge in [-0.15, -0.1) is 0 Å². The van der Waals surface area contributed by atoms with Crippen molar-refractivity contribution >= 4 is 34.8 Å². The van der Waals surface area contributed by atoms with Gasteiger partial charge in [-0.05, 0) is 70.9 Å². The van der Waals surface area contributed by atoms with E-state index in [1.807, 2.05) is 48.5 Å². The Morgan fingerprint density at radius 1 is 0.659 bits per heavy atom. The first-order chi connectivity index (χ1) is 19.4. The molecule has 0 unspecified atom stereocenters. The summed E-state index contributed by atoms with van der Waals surface area (Å²) in [6.45, 7) is 8.94. The van der Waals surface area contributed by atoms with E-state index in [-0.39, 0.29) is 11.1 Å². The number of fused-ring (bicyclic) bond motifs is 2. The summed E-state index contributed by atoms with van der Waals surface area (Å²) in [5, 5.41) is 12.1. The van der Waals surface area contributed by atoms with Crippen LogP contribution in [0.4, 0.5) is 0 Å². The van der Waals surface area contributed by atoms with Crippen molar-refractivity contribution in [3.8, 4) is 0 Å². The quantitative estimate of drug-likeness (QED) is 0.202. The average molecular weight is 557 g/mol. The van der Waals surface area contributed by atoms with Crippen LogP contribution in [0.5, 0.6) is 0 Å². The lowest BCUT2D eigenvalue weighted by Crippen LogP contribution is -2.44. The van der Waals surface area contributed by atoms with Crippen LogP contribution in [0.1, 0.15) is 69.2 Å². The zero-order valence-electron chi connectivity index (χ0n) is 24.4. The number of carbonyl (C=O) groups is 4. The molecule has 0 fully saturated rings. The van der Waals surface area contributed by atoms with Crippen LogP contribution in [0.2, 0.25) is 0 Å². The Balaban J connectivity index is 1.18. The van der Waals surface area contributed by atoms with Gasteiger partial charge in [0.15, 0.2) is 0 Å². The minimum absolute atomic E-state index is 0.219. The van der Waals surface area contributed by atoms with Gasteiger partial charge in [-0.2, -0.15) is 0 Å². The van der Waals surface area contributed by atoms with Crippen LogP contribution in [0.25, 0.3) is 11.4 Å². The molecule has 2 heterocycles. The molecule has 0 atom stereocenters. The Bertz CT molecular complexity index is 1300. The number of amides is 2. The van der Waals surface area contributed by atoms with Gasteiger partial charge in [0.2, 0.25) is 11.6 Å². The van der Waals surface area contributed by atoms with Gasteiger partial charge in [-0.3, -0.25) is 19.2 Å². The molecule has 2 aliphatic heterocycles. The largest absolute Gasteiger partial charge is 0.379 e. The first-order valence-electron chi connectivity index (χ1n) is 14.2. The van der Waals surface area contributed by atoms with E-state index in [9.17, 15) is 19.2 Å². The van der Waals surface area contributed by atoms with Crippen molar-refractivity contribution < 1.29 is 19.2 Å². The second kappa shape index (κ2) is 12.5. The zero-order chi connectivity index (χ0) is 29.6. The van der Waals surface area contributed by atoms with Crippen LogP contribution >= 0.6 is 0 Å². The summed E-state index contributed by atoms with van der Waals surface area (Å²) in [5.74, 6) is -2.49. The lowest BCUT2D eigenvalue weighted by molar-refractivity contribution is -0.135. The molecule has 2 aromatic carbocycles. The van der Waals surface area contributed by atoms with E-state index in [2.05, 4.69) is 49.0 Å². The van der Waals surface area contributed by atoms with Gasteiger partial charge in [0.25, 0.3) is 11.8 Å². The zero-order valence-corrected chi connectivity index (χ0v) is 24.4. The minimum Gasteiger partial charge on any atom is -0.379 e. The van der Waals surface area contributed by atoms with Crippen molar-refractivity contribution in [2.45, 2.75) is 70.9 Å². The van der Waals surface area contributed by atoms with E-state index in [4.69, 9.17) is 0 Å². The summed E-state index contributed by atoms with van der Waals surface area (Å²) in [5.41, 5.74) is 5.03. The fourth-order valence-corrected chi connectivity index (χ4v) is 5.40. The number of carbonyl (C=O) groups excluding carboxylic acids is 4. The maximum Gasteiger partial charge on any atom is 0.291 e. The number of hydrogen-bond acceptors (Lipinski definition) is 6. The lowest BCUT2D eigenvalue weighted by atomic mass is 9.85. The molecular weight excluding hydrogens is 516 g/mol. The van der Waals surface area contributed by atoms with Crippen molar-refractivity contribution in [1.29, 1.82) is 0 Å². The number of unbranched alkanes of at least 4 members (excludes halogenated alkanes) is 2. The Morgan fingerprint density at radius 3 is 1.46 bits per heavy atom. The molecule has 2 amide bonds. The normalized spacial score (nSPS) is 18.3. The van der Waals surface area contributed by atoms with Crippen LogP contribution in [0.15, 0.2) is 60.7 Å². The van der Waals surface area contributed by atoms with Crippen molar-refractivity contribution in [1.82, 2.24) is 21.3 Å². The highest BCUT2D eigenvalue weighted by Crippen LogP contribution is 2.30. The molecule has 2 aromatic rings. The molecule has 0 aliphatic carbocycles. The smallest absolute Gasteiger partial charge is 0.291 e. The Morgan fingerprint density at radius 2 is 1.05 bits per heavy atom. The maximum absolute atomic E-state index is 12.6. The van der Waals surface area contributed by atoms with Gasteiger partial charge in [0, 0.05) is 58.8 Å². The summed E-state index contributed by atoms with van der Waals surface area (Å²) in [6.07, 6.45) is 6.42. The monoisotopic (exact) mass is 556 g/mol. The summed E-state index contributed by atoms with van der Waals surface area (Å²) in [4.78, 5) is 49.9. The van der Waals surface area contributed by atoms with E-state index >= 15 is 0 Å². The molecule has 41 heavy (non-hydrogen) atoms. The van der Waals surface area contributed by atoms with Crippen LogP contribution < -0.4 is 21.3 Å². The number of ketones is 2. The number of hydrogen-bond donors (Lipinski definition) is 4. The maximum atomic E-state index is 12.6. The number of nitrogens with one attached hydrogen (secondary N) is 4. The first-order valence-corrected chi connectivity index (χ1v) is 14.2. The van der Waals surface area contributed by atoms with Gasteiger partial charge in [0.05, 0.1) is 0 Å². The second-order valence-electron chi connectivity index (χ2n) is 12.1. The highest BCUT2D eigenvalue weighted by molar-refractivity contribution is 6.42. The summed E-state index contributed by atoms with van der Waals surface area (Å²) in [7, 11) is 0. The van der Waals surface area contributed by atoms with E-state index in [0.29, 0.717) is 37.3 Å². The fourth-order valence-electron chi connectivity index (χ4n) is 5.40. The van der Waals surface area contributed by atoms with E-state index in [0.717, 1.165) is 41.5 Å². The molecule has 4 rings (SSSR count). The topological polar surface area (TPSA) is 116 Å². The highest BCUT2D eigenvalue weighted by atomic mass is 16.2. The molecule has 4 N–H and O–H groups in total. The van der Waals surface area contributed by atoms with E-state index in [1.165, 1.54) is 12.2 Å². The van der Waals surface area contributed by atoms with Crippen molar-refractivity contribution in [3.05, 3.63) is 82.9 Å². The van der Waals surface area contributed by atoms with Crippen LogP contribution in [0, 0.1) is 0 Å². The molecule has 2 aliphatic rings. The van der Waals surface area contributed by atoms with Gasteiger partial charge >= 0.3 is 0 Å². The summed E-state index contributed by atoms with van der Waals surface area (Å²) >= 11 is 0. The van der Waals surface area contributed by atoms with E-state index < -0.39 is 23.4 Å². The lowest BCUT2D eigenvalue weighted by Gasteiger charge is -2.35. The van der Waals surface area contributed by atoms with Gasteiger partial charge < -0.3 is 21.3 Å². The highest BCUT2D eigenvalue weighted by Gasteiger charge is 2.29. The molecule has 0 radical (unpaired) electrons. The third-order valence-electron chi connectivity index (χ3n) is 7.25. The molecule has 0 saturated heterocycles. The summed E-state index contributed by atoms with van der Waals surface area (Å²) in [6, 6.07) is 15.8. The van der Waals surface area contributed by atoms with Crippen molar-refractivity contribution in [2.75, 3.05) is 13.1 Å². The molecule has 0 saturated carbocycles. The first kappa shape index (κ1) is 29.8. The van der Waals surface area contributed by atoms with Gasteiger partial charge in [-0.1, -0.05) is 48.5 Å². The Kier molecular flexibility index (Phi) is 9.11. The van der Waals surface area contributed by atoms with Gasteiger partial charge in [0.1, 0.15) is 0 Å². The summed E-state index contributed by atoms with van der Waals surface area (Å²) < 4.78 is 0. The second-order valence-corrected chi connectivity index (χ2v) is 12.1. The minimum atomic E-state index is -0.645. The molecule has 8 heteroatoms. The molecule has 0 aromatic heterocycles. The predicted molar refractivity (Wildman–Crippen MR) is 161 cm³/mol. The number of benzene rings is 2. The number of rotatable bonds is 10. The van der Waals surface area contributed by atoms with Gasteiger partial charge in [-0.25, -0.2) is 0 Å². The predicted octanol–water partition coefficient (Wildman–Crippen LogP) is 3.46. The molecular formula is C33H40N4O4. The molecule has 0 bridgehead atoms. The third-order valence-corrected chi connectivity index (χ3v) is 7.25. The Hall–Kier alpha value is -4.20. The van der Waals surface area contributed by atoms with Crippen molar-refractivity contribution in [2.24, 2.45) is 0 Å². The van der Waals surface area contributed by atoms with Crippen LogP contribution in [-0.2, 0) is 32.0 Å². The van der Waals surface area contributed by atoms with Crippen molar-refractivity contribution in [3.63, 3.8) is 0 Å². The molecule has 216 valence electrons. The SMILES string of the molecule is CC1(C)Cc2ccccc2C(=CC(=O)C(=O)NCCCCCNC(=O)C(=O)C=C2NC(C)(C)Cc3ccccc32)N1. The Labute approximate surface area is 242 Å². The van der Waals surface area contributed by atoms with E-state index in [1.54, 1.807) is 0 Å². The van der Waals surface area contributed by atoms with Crippen LogP contribution in [0.3, 0.4) is 0 Å².